The summed E-state index contributed by atoms with van der Waals surface area (Å²) in [5, 5.41) is 17.4. The van der Waals surface area contributed by atoms with Crippen LogP contribution in [0, 0.1) is 0 Å². The Hall–Kier alpha value is -1.71. The highest BCUT2D eigenvalue weighted by atomic mass is 35.5. The van der Waals surface area contributed by atoms with Crippen LogP contribution in [0.5, 0.6) is 11.5 Å². The van der Waals surface area contributed by atoms with Crippen LogP contribution in [0.15, 0.2) is 35.5 Å². The van der Waals surface area contributed by atoms with Gasteiger partial charge < -0.3 is 14.8 Å². The first kappa shape index (κ1) is 24.9. The lowest BCUT2D eigenvalue weighted by molar-refractivity contribution is 0.269. The number of hydrogen-bond acceptors (Lipinski definition) is 7. The molecule has 3 rings (SSSR count). The van der Waals surface area contributed by atoms with Crippen molar-refractivity contribution in [3.05, 3.63) is 56.5 Å². The summed E-state index contributed by atoms with van der Waals surface area (Å²) >= 11 is 20.3. The third-order valence-corrected chi connectivity index (χ3v) is 6.47. The zero-order valence-electron chi connectivity index (χ0n) is 17.8. The van der Waals surface area contributed by atoms with Gasteiger partial charge in [0.1, 0.15) is 6.61 Å². The van der Waals surface area contributed by atoms with E-state index in [2.05, 4.69) is 20.8 Å². The fraction of sp³-hybridized carbons (Fsp3) is 0.381. The fourth-order valence-electron chi connectivity index (χ4n) is 2.82. The van der Waals surface area contributed by atoms with Gasteiger partial charge in [0.15, 0.2) is 11.5 Å². The monoisotopic (exact) mass is 515 g/mol. The Morgan fingerprint density at radius 1 is 1.03 bits per heavy atom. The average Bonchev–Trinajstić information content (AvgIpc) is 3.17. The molecular formula is C21H24Cl3N5O2S. The third kappa shape index (κ3) is 7.15. The van der Waals surface area contributed by atoms with Gasteiger partial charge in [-0.05, 0) is 54.1 Å². The average molecular weight is 517 g/mol. The zero-order valence-corrected chi connectivity index (χ0v) is 20.9. The number of benzene rings is 2. The molecule has 0 amide bonds. The molecular weight excluding hydrogens is 493 g/mol. The number of rotatable bonds is 12. The lowest BCUT2D eigenvalue weighted by Gasteiger charge is -2.16. The number of hydrogen-bond donors (Lipinski definition) is 1. The lowest BCUT2D eigenvalue weighted by Crippen LogP contribution is -2.16. The second-order valence-electron chi connectivity index (χ2n) is 6.81. The summed E-state index contributed by atoms with van der Waals surface area (Å²) in [5.74, 6) is 2.13. The molecule has 0 saturated heterocycles. The maximum atomic E-state index is 6.51. The maximum Gasteiger partial charge on any atom is 0.209 e. The van der Waals surface area contributed by atoms with Crippen LogP contribution in [0.2, 0.25) is 15.1 Å². The number of halogens is 3. The molecule has 3 aromatic rings. The predicted octanol–water partition coefficient (Wildman–Crippen LogP) is 5.42. The molecule has 172 valence electrons. The molecule has 0 saturated carbocycles. The van der Waals surface area contributed by atoms with Crippen molar-refractivity contribution < 1.29 is 9.47 Å². The van der Waals surface area contributed by atoms with Crippen molar-refractivity contribution in [3.63, 3.8) is 0 Å². The van der Waals surface area contributed by atoms with Crippen molar-refractivity contribution in [2.45, 2.75) is 31.7 Å². The summed E-state index contributed by atoms with van der Waals surface area (Å²) in [4.78, 5) is 0. The SMILES string of the molecule is CCOc1cc(CNCCCSc2nnnn2C)c(Cl)cc1OCc1ccc(Cl)cc1Cl. The molecule has 0 fully saturated rings. The highest BCUT2D eigenvalue weighted by Crippen LogP contribution is 2.35. The normalized spacial score (nSPS) is 11.0. The van der Waals surface area contributed by atoms with Crippen LogP contribution in [0.1, 0.15) is 24.5 Å². The van der Waals surface area contributed by atoms with E-state index in [1.807, 2.05) is 26.1 Å². The van der Waals surface area contributed by atoms with Crippen molar-refractivity contribution in [3.8, 4) is 11.5 Å². The van der Waals surface area contributed by atoms with Crippen LogP contribution < -0.4 is 14.8 Å². The summed E-state index contributed by atoms with van der Waals surface area (Å²) < 4.78 is 13.4. The first-order valence-corrected chi connectivity index (χ1v) is 12.2. The van der Waals surface area contributed by atoms with E-state index in [1.54, 1.807) is 34.6 Å². The molecule has 1 aromatic heterocycles. The fourth-order valence-corrected chi connectivity index (χ4v) is 4.29. The molecule has 0 aliphatic carbocycles. The zero-order chi connectivity index (χ0) is 22.9. The number of aromatic nitrogens is 4. The third-order valence-electron chi connectivity index (χ3n) is 4.44. The topological polar surface area (TPSA) is 74.1 Å². The standard InChI is InChI=1S/C21H24Cl3N5O2S/c1-3-30-19-9-15(12-25-7-4-8-32-21-26-27-28-29(21)2)18(24)11-20(19)31-13-14-5-6-16(22)10-17(14)23/h5-6,9-11,25H,3-4,7-8,12-13H2,1-2H3. The molecule has 0 bridgehead atoms. The smallest absolute Gasteiger partial charge is 0.209 e. The van der Waals surface area contributed by atoms with Gasteiger partial charge in [0, 0.05) is 46.0 Å². The molecule has 7 nitrogen and oxygen atoms in total. The van der Waals surface area contributed by atoms with Gasteiger partial charge in [-0.1, -0.05) is 52.6 Å². The summed E-state index contributed by atoms with van der Waals surface area (Å²) in [6.45, 7) is 4.18. The Morgan fingerprint density at radius 2 is 1.81 bits per heavy atom. The van der Waals surface area contributed by atoms with Gasteiger partial charge in [0.25, 0.3) is 0 Å². The summed E-state index contributed by atoms with van der Waals surface area (Å²) in [6, 6.07) is 9.00. The Morgan fingerprint density at radius 3 is 2.53 bits per heavy atom. The number of ether oxygens (including phenoxy) is 2. The first-order chi connectivity index (χ1) is 15.5. The molecule has 0 atom stereocenters. The lowest BCUT2D eigenvalue weighted by atomic mass is 10.2. The van der Waals surface area contributed by atoms with E-state index in [0.717, 1.165) is 35.0 Å². The highest BCUT2D eigenvalue weighted by Gasteiger charge is 2.12. The Balaban J connectivity index is 1.54. The molecule has 0 aliphatic rings. The Kier molecular flexibility index (Phi) is 9.74. The Bertz CT molecular complexity index is 1030. The molecule has 32 heavy (non-hydrogen) atoms. The van der Waals surface area contributed by atoms with Gasteiger partial charge >= 0.3 is 0 Å². The van der Waals surface area contributed by atoms with Crippen molar-refractivity contribution in [2.75, 3.05) is 18.9 Å². The van der Waals surface area contributed by atoms with Gasteiger partial charge in [-0.15, -0.1) is 5.10 Å². The maximum absolute atomic E-state index is 6.51. The van der Waals surface area contributed by atoms with Crippen LogP contribution in [-0.2, 0) is 20.2 Å². The Labute approximate surface area is 206 Å². The molecule has 11 heteroatoms. The van der Waals surface area contributed by atoms with E-state index >= 15 is 0 Å². The largest absolute Gasteiger partial charge is 0.490 e. The van der Waals surface area contributed by atoms with Crippen LogP contribution in [0.25, 0.3) is 0 Å². The van der Waals surface area contributed by atoms with Crippen LogP contribution in [-0.4, -0.2) is 39.1 Å². The number of aryl methyl sites for hydroxylation is 1. The number of nitrogens with zero attached hydrogens (tertiary/aromatic N) is 4. The van der Waals surface area contributed by atoms with Crippen molar-refractivity contribution in [2.24, 2.45) is 7.05 Å². The van der Waals surface area contributed by atoms with Crippen molar-refractivity contribution in [1.82, 2.24) is 25.5 Å². The number of thioether (sulfide) groups is 1. The molecule has 0 unspecified atom stereocenters. The van der Waals surface area contributed by atoms with Crippen LogP contribution in [0.4, 0.5) is 0 Å². The minimum atomic E-state index is 0.280. The minimum Gasteiger partial charge on any atom is -0.490 e. The van der Waals surface area contributed by atoms with Crippen LogP contribution in [0.3, 0.4) is 0 Å². The minimum absolute atomic E-state index is 0.280. The second kappa shape index (κ2) is 12.5. The number of tetrazole rings is 1. The van der Waals surface area contributed by atoms with E-state index < -0.39 is 0 Å². The number of nitrogens with one attached hydrogen (secondary N) is 1. The van der Waals surface area contributed by atoms with E-state index in [4.69, 9.17) is 44.3 Å². The van der Waals surface area contributed by atoms with Crippen LogP contribution >= 0.6 is 46.6 Å². The van der Waals surface area contributed by atoms with E-state index in [1.165, 1.54) is 0 Å². The predicted molar refractivity (Wildman–Crippen MR) is 129 cm³/mol. The summed E-state index contributed by atoms with van der Waals surface area (Å²) in [6.07, 6.45) is 0.969. The van der Waals surface area contributed by atoms with Gasteiger partial charge in [-0.2, -0.15) is 0 Å². The molecule has 1 heterocycles. The van der Waals surface area contributed by atoms with Gasteiger partial charge in [0.2, 0.25) is 5.16 Å². The highest BCUT2D eigenvalue weighted by molar-refractivity contribution is 7.99. The van der Waals surface area contributed by atoms with Crippen molar-refractivity contribution >= 4 is 46.6 Å². The van der Waals surface area contributed by atoms with E-state index in [0.29, 0.717) is 39.7 Å². The summed E-state index contributed by atoms with van der Waals surface area (Å²) in [7, 11) is 1.83. The van der Waals surface area contributed by atoms with Gasteiger partial charge in [-0.3, -0.25) is 0 Å². The van der Waals surface area contributed by atoms with Crippen molar-refractivity contribution in [1.29, 1.82) is 0 Å². The van der Waals surface area contributed by atoms with E-state index in [9.17, 15) is 0 Å². The quantitative estimate of drug-likeness (QED) is 0.254. The second-order valence-corrected chi connectivity index (χ2v) is 9.12. The first-order valence-electron chi connectivity index (χ1n) is 10.1. The summed E-state index contributed by atoms with van der Waals surface area (Å²) in [5.41, 5.74) is 1.77. The van der Waals surface area contributed by atoms with Gasteiger partial charge in [-0.25, -0.2) is 4.68 Å². The molecule has 0 spiro atoms. The molecule has 0 radical (unpaired) electrons. The molecule has 2 aromatic carbocycles. The molecule has 0 aliphatic heterocycles. The van der Waals surface area contributed by atoms with Gasteiger partial charge in [0.05, 0.1) is 6.61 Å². The molecule has 1 N–H and O–H groups in total. The van der Waals surface area contributed by atoms with E-state index in [-0.39, 0.29) is 6.61 Å².